The van der Waals surface area contributed by atoms with Gasteiger partial charge >= 0.3 is 5.97 Å². The highest BCUT2D eigenvalue weighted by molar-refractivity contribution is 7.09. The Morgan fingerprint density at radius 1 is 1.31 bits per heavy atom. The van der Waals surface area contributed by atoms with Crippen molar-refractivity contribution in [1.82, 2.24) is 25.2 Å². The molecule has 0 aliphatic carbocycles. The van der Waals surface area contributed by atoms with E-state index in [-0.39, 0.29) is 5.70 Å². The Balaban J connectivity index is 1.79. The number of benzene rings is 1. The Bertz CT molecular complexity index is 1100. The number of nitrogens with zero attached hydrogens (tertiary/aromatic N) is 6. The maximum atomic E-state index is 12.7. The number of aryl methyl sites for hydroxylation is 2. The molecule has 0 N–H and O–H groups in total. The highest BCUT2D eigenvalue weighted by Gasteiger charge is 2.26. The number of aromatic nitrogens is 5. The second-order valence-corrected chi connectivity index (χ2v) is 6.90. The minimum Gasteiger partial charge on any atom is -0.453 e. The molecule has 0 aliphatic heterocycles. The summed E-state index contributed by atoms with van der Waals surface area (Å²) < 4.78 is 6.41. The predicted octanol–water partition coefficient (Wildman–Crippen LogP) is 2.16. The first-order chi connectivity index (χ1) is 14.0. The third-order valence-electron chi connectivity index (χ3n) is 3.85. The fourth-order valence-electron chi connectivity index (χ4n) is 2.43. The second-order valence-electron chi connectivity index (χ2n) is 6.01. The van der Waals surface area contributed by atoms with Gasteiger partial charge in [0.25, 0.3) is 0 Å². The number of ketones is 1. The van der Waals surface area contributed by atoms with Gasteiger partial charge in [0, 0.05) is 11.1 Å². The molecule has 1 aromatic carbocycles. The van der Waals surface area contributed by atoms with E-state index < -0.39 is 24.3 Å². The summed E-state index contributed by atoms with van der Waals surface area (Å²) >= 11 is 1.22. The maximum absolute atomic E-state index is 12.7. The SMILES string of the molecule is Cc1csc([C@@H](C#N)C(=O)COC(=O)/C(=C/c2ccccc2)n2nnnc2C)n1. The average Bonchev–Trinajstić information content (AvgIpc) is 3.34. The number of esters is 1. The van der Waals surface area contributed by atoms with E-state index in [0.29, 0.717) is 10.8 Å². The van der Waals surface area contributed by atoms with Gasteiger partial charge in [-0.3, -0.25) is 4.79 Å². The average molecular weight is 408 g/mol. The molecule has 1 atom stereocenters. The molecule has 0 saturated heterocycles. The Labute approximate surface area is 170 Å². The summed E-state index contributed by atoms with van der Waals surface area (Å²) in [7, 11) is 0. The van der Waals surface area contributed by atoms with Crippen LogP contribution < -0.4 is 0 Å². The van der Waals surface area contributed by atoms with E-state index in [1.165, 1.54) is 16.0 Å². The molecule has 0 aliphatic rings. The molecule has 0 fully saturated rings. The predicted molar refractivity (Wildman–Crippen MR) is 104 cm³/mol. The van der Waals surface area contributed by atoms with Crippen LogP contribution >= 0.6 is 11.3 Å². The molecule has 0 unspecified atom stereocenters. The topological polar surface area (TPSA) is 124 Å². The Hall–Kier alpha value is -3.71. The van der Waals surface area contributed by atoms with Gasteiger partial charge in [-0.25, -0.2) is 9.78 Å². The highest BCUT2D eigenvalue weighted by Crippen LogP contribution is 2.21. The first-order valence-electron chi connectivity index (χ1n) is 8.53. The lowest BCUT2D eigenvalue weighted by Gasteiger charge is -2.10. The summed E-state index contributed by atoms with van der Waals surface area (Å²) in [5.41, 5.74) is 1.50. The summed E-state index contributed by atoms with van der Waals surface area (Å²) in [5, 5.41) is 22.6. The van der Waals surface area contributed by atoms with Crippen LogP contribution in [0.5, 0.6) is 0 Å². The van der Waals surface area contributed by atoms with Crippen LogP contribution in [0, 0.1) is 25.2 Å². The number of nitriles is 1. The smallest absolute Gasteiger partial charge is 0.357 e. The number of carbonyl (C=O) groups excluding carboxylic acids is 2. The van der Waals surface area contributed by atoms with Gasteiger partial charge in [-0.15, -0.1) is 16.4 Å². The van der Waals surface area contributed by atoms with Crippen molar-refractivity contribution in [2.24, 2.45) is 0 Å². The number of thiazole rings is 1. The molecule has 3 rings (SSSR count). The molecule has 146 valence electrons. The largest absolute Gasteiger partial charge is 0.453 e. The van der Waals surface area contributed by atoms with Crippen LogP contribution in [0.3, 0.4) is 0 Å². The number of Topliss-reactive ketones (excluding diaryl/α,β-unsaturated/α-hetero) is 1. The number of hydrogen-bond acceptors (Lipinski definition) is 9. The Kier molecular flexibility index (Phi) is 6.21. The number of hydrogen-bond donors (Lipinski definition) is 0. The normalized spacial score (nSPS) is 12.2. The van der Waals surface area contributed by atoms with E-state index >= 15 is 0 Å². The number of carbonyl (C=O) groups is 2. The van der Waals surface area contributed by atoms with Crippen molar-refractivity contribution >= 4 is 34.9 Å². The second kappa shape index (κ2) is 8.99. The molecule has 10 heteroatoms. The van der Waals surface area contributed by atoms with Gasteiger partial charge in [0.05, 0.1) is 6.07 Å². The van der Waals surface area contributed by atoms with Crippen molar-refractivity contribution < 1.29 is 14.3 Å². The molecule has 0 spiro atoms. The Morgan fingerprint density at radius 2 is 2.07 bits per heavy atom. The summed E-state index contributed by atoms with van der Waals surface area (Å²) in [6, 6.07) is 11.0. The van der Waals surface area contributed by atoms with Crippen LogP contribution in [0.15, 0.2) is 35.7 Å². The van der Waals surface area contributed by atoms with Gasteiger partial charge < -0.3 is 4.74 Å². The Morgan fingerprint density at radius 3 is 2.66 bits per heavy atom. The molecule has 29 heavy (non-hydrogen) atoms. The van der Waals surface area contributed by atoms with Crippen molar-refractivity contribution in [3.63, 3.8) is 0 Å². The fourth-order valence-corrected chi connectivity index (χ4v) is 3.29. The minimum atomic E-state index is -1.09. The summed E-state index contributed by atoms with van der Waals surface area (Å²) in [6.45, 7) is 2.84. The zero-order valence-electron chi connectivity index (χ0n) is 15.6. The molecule has 2 heterocycles. The van der Waals surface area contributed by atoms with Gasteiger partial charge in [0.15, 0.2) is 29.8 Å². The standard InChI is InChI=1S/C19H16N6O3S/c1-12-11-29-18(21-12)15(9-20)17(26)10-28-19(27)16(25-13(2)22-23-24-25)8-14-6-4-3-5-7-14/h3-8,11,15H,10H2,1-2H3/b16-8-/t15-/m0/s1. The zero-order valence-corrected chi connectivity index (χ0v) is 16.5. The number of ether oxygens (including phenoxy) is 1. The molecular weight excluding hydrogens is 392 g/mol. The van der Waals surface area contributed by atoms with Gasteiger partial charge in [-0.05, 0) is 35.9 Å². The van der Waals surface area contributed by atoms with Crippen LogP contribution in [-0.2, 0) is 14.3 Å². The maximum Gasteiger partial charge on any atom is 0.357 e. The molecule has 0 amide bonds. The number of tetrazole rings is 1. The lowest BCUT2D eigenvalue weighted by atomic mass is 10.1. The van der Waals surface area contributed by atoms with Crippen molar-refractivity contribution in [3.05, 3.63) is 57.8 Å². The van der Waals surface area contributed by atoms with Crippen LogP contribution in [0.4, 0.5) is 0 Å². The van der Waals surface area contributed by atoms with E-state index in [1.54, 1.807) is 37.4 Å². The molecule has 0 radical (unpaired) electrons. The van der Waals surface area contributed by atoms with Crippen molar-refractivity contribution in [1.29, 1.82) is 5.26 Å². The van der Waals surface area contributed by atoms with E-state index in [2.05, 4.69) is 20.5 Å². The number of rotatable bonds is 7. The summed E-state index contributed by atoms with van der Waals surface area (Å²) in [6.07, 6.45) is 1.56. The lowest BCUT2D eigenvalue weighted by molar-refractivity contribution is -0.142. The zero-order chi connectivity index (χ0) is 20.8. The quantitative estimate of drug-likeness (QED) is 0.430. The van der Waals surface area contributed by atoms with Gasteiger partial charge in [0.1, 0.15) is 5.01 Å². The highest BCUT2D eigenvalue weighted by atomic mass is 32.1. The summed E-state index contributed by atoms with van der Waals surface area (Å²) in [5.74, 6) is -2.05. The van der Waals surface area contributed by atoms with Crippen molar-refractivity contribution in [3.8, 4) is 6.07 Å². The van der Waals surface area contributed by atoms with Crippen LogP contribution in [-0.4, -0.2) is 43.6 Å². The van der Waals surface area contributed by atoms with Crippen molar-refractivity contribution in [2.45, 2.75) is 19.8 Å². The molecule has 0 saturated carbocycles. The van der Waals surface area contributed by atoms with E-state index in [1.807, 2.05) is 24.3 Å². The van der Waals surface area contributed by atoms with Crippen LogP contribution in [0.2, 0.25) is 0 Å². The molecule has 0 bridgehead atoms. The first kappa shape index (κ1) is 20.0. The molecule has 2 aromatic heterocycles. The molecular formula is C19H16N6O3S. The lowest BCUT2D eigenvalue weighted by Crippen LogP contribution is -2.22. The van der Waals surface area contributed by atoms with Gasteiger partial charge in [-0.1, -0.05) is 30.3 Å². The van der Waals surface area contributed by atoms with Crippen LogP contribution in [0.1, 0.15) is 28.0 Å². The first-order valence-corrected chi connectivity index (χ1v) is 9.41. The van der Waals surface area contributed by atoms with Crippen LogP contribution in [0.25, 0.3) is 11.8 Å². The fraction of sp³-hybridized carbons (Fsp3) is 0.211. The van der Waals surface area contributed by atoms with Gasteiger partial charge in [-0.2, -0.15) is 9.94 Å². The van der Waals surface area contributed by atoms with E-state index in [9.17, 15) is 14.9 Å². The third-order valence-corrected chi connectivity index (χ3v) is 4.87. The molecule has 3 aromatic rings. The summed E-state index contributed by atoms with van der Waals surface area (Å²) in [4.78, 5) is 29.3. The molecule has 9 nitrogen and oxygen atoms in total. The van der Waals surface area contributed by atoms with Crippen molar-refractivity contribution in [2.75, 3.05) is 6.61 Å². The van der Waals surface area contributed by atoms with Gasteiger partial charge in [0.2, 0.25) is 0 Å². The third kappa shape index (κ3) is 4.77. The van der Waals surface area contributed by atoms with E-state index in [4.69, 9.17) is 4.74 Å². The minimum absolute atomic E-state index is 0.0464. The monoisotopic (exact) mass is 408 g/mol. The van der Waals surface area contributed by atoms with E-state index in [0.717, 1.165) is 11.3 Å².